The average Bonchev–Trinajstić information content (AvgIpc) is 2.40. The Bertz CT molecular complexity index is 541. The van der Waals surface area contributed by atoms with Gasteiger partial charge in [0.15, 0.2) is 0 Å². The van der Waals surface area contributed by atoms with Crippen LogP contribution in [0.4, 0.5) is 5.69 Å². The van der Waals surface area contributed by atoms with Crippen LogP contribution in [0.15, 0.2) is 53.6 Å². The molecule has 0 heterocycles. The molecule has 0 radical (unpaired) electrons. The van der Waals surface area contributed by atoms with Gasteiger partial charge in [0.05, 0.1) is 19.0 Å². The lowest BCUT2D eigenvalue weighted by Gasteiger charge is -2.04. The monoisotopic (exact) mass is 260 g/mol. The number of nitrogens with zero attached hydrogens (tertiary/aromatic N) is 1. The average molecular weight is 261 g/mol. The minimum atomic E-state index is 0.650. The van der Waals surface area contributed by atoms with Crippen LogP contribution in [0.5, 0.6) is 5.75 Å². The Balaban J connectivity index is 2.11. The predicted octanol–water partition coefficient (Wildman–Crippen LogP) is 3.79. The number of methoxy groups -OCH3 is 1. The lowest BCUT2D eigenvalue weighted by molar-refractivity contribution is 0.414. The largest absolute Gasteiger partial charge is 0.496 e. The van der Waals surface area contributed by atoms with Crippen LogP contribution in [-0.4, -0.2) is 13.3 Å². The number of anilines is 1. The maximum Gasteiger partial charge on any atom is 0.127 e. The third kappa shape index (κ3) is 3.25. The second-order valence-corrected chi connectivity index (χ2v) is 4.06. The molecule has 2 aromatic carbocycles. The van der Waals surface area contributed by atoms with E-state index in [0.717, 1.165) is 17.0 Å². The number of hydrogen-bond acceptors (Lipinski definition) is 3. The van der Waals surface area contributed by atoms with Gasteiger partial charge in [0.1, 0.15) is 5.75 Å². The summed E-state index contributed by atoms with van der Waals surface area (Å²) in [6, 6.07) is 15.1. The fourth-order valence-electron chi connectivity index (χ4n) is 1.50. The van der Waals surface area contributed by atoms with Gasteiger partial charge in [0.25, 0.3) is 0 Å². The Hall–Kier alpha value is -2.00. The van der Waals surface area contributed by atoms with Gasteiger partial charge in [-0.25, -0.2) is 0 Å². The summed E-state index contributed by atoms with van der Waals surface area (Å²) in [6.45, 7) is 0. The molecule has 0 saturated heterocycles. The van der Waals surface area contributed by atoms with Gasteiger partial charge in [0.2, 0.25) is 0 Å². The van der Waals surface area contributed by atoms with E-state index in [2.05, 4.69) is 10.5 Å². The van der Waals surface area contributed by atoms with E-state index < -0.39 is 0 Å². The molecule has 0 amide bonds. The minimum Gasteiger partial charge on any atom is -0.496 e. The van der Waals surface area contributed by atoms with Gasteiger partial charge in [-0.2, -0.15) is 5.10 Å². The molecule has 2 rings (SSSR count). The zero-order chi connectivity index (χ0) is 12.8. The first-order valence-electron chi connectivity index (χ1n) is 5.47. The number of para-hydroxylation sites is 1. The van der Waals surface area contributed by atoms with Gasteiger partial charge in [-0.15, -0.1) is 0 Å². The highest BCUT2D eigenvalue weighted by atomic mass is 35.5. The summed E-state index contributed by atoms with van der Waals surface area (Å²) in [5, 5.41) is 4.80. The third-order valence-electron chi connectivity index (χ3n) is 2.36. The number of benzene rings is 2. The van der Waals surface area contributed by atoms with Crippen LogP contribution >= 0.6 is 11.6 Å². The van der Waals surface area contributed by atoms with Crippen molar-refractivity contribution < 1.29 is 4.74 Å². The van der Waals surface area contributed by atoms with Crippen molar-refractivity contribution in [3.8, 4) is 5.75 Å². The fraction of sp³-hybridized carbons (Fsp3) is 0.0714. The number of hydrogen-bond donors (Lipinski definition) is 1. The molecule has 92 valence electrons. The van der Waals surface area contributed by atoms with E-state index in [1.807, 2.05) is 36.4 Å². The first-order valence-corrected chi connectivity index (χ1v) is 5.85. The van der Waals surface area contributed by atoms with Gasteiger partial charge in [0, 0.05) is 10.6 Å². The molecule has 0 aliphatic carbocycles. The highest BCUT2D eigenvalue weighted by Crippen LogP contribution is 2.20. The van der Waals surface area contributed by atoms with Crippen molar-refractivity contribution >= 4 is 23.5 Å². The highest BCUT2D eigenvalue weighted by molar-refractivity contribution is 6.30. The summed E-state index contributed by atoms with van der Waals surface area (Å²) in [4.78, 5) is 0. The quantitative estimate of drug-likeness (QED) is 0.670. The van der Waals surface area contributed by atoms with E-state index in [4.69, 9.17) is 16.3 Å². The Morgan fingerprint density at radius 1 is 1.17 bits per heavy atom. The second-order valence-electron chi connectivity index (χ2n) is 3.62. The zero-order valence-corrected chi connectivity index (χ0v) is 10.7. The maximum absolute atomic E-state index is 5.93. The molecular formula is C14H13ClN2O. The van der Waals surface area contributed by atoms with Crippen molar-refractivity contribution in [1.29, 1.82) is 0 Å². The highest BCUT2D eigenvalue weighted by Gasteiger charge is 2.00. The minimum absolute atomic E-state index is 0.650. The van der Waals surface area contributed by atoms with Crippen LogP contribution in [0.1, 0.15) is 5.56 Å². The van der Waals surface area contributed by atoms with Crippen molar-refractivity contribution in [2.24, 2.45) is 5.10 Å². The summed E-state index contributed by atoms with van der Waals surface area (Å²) in [5.41, 5.74) is 4.69. The lowest BCUT2D eigenvalue weighted by atomic mass is 10.2. The molecule has 18 heavy (non-hydrogen) atoms. The molecule has 0 unspecified atom stereocenters. The Kier molecular flexibility index (Phi) is 4.20. The molecule has 2 aromatic rings. The number of ether oxygens (including phenoxy) is 1. The molecule has 4 heteroatoms. The normalized spacial score (nSPS) is 10.6. The molecular weight excluding hydrogens is 248 g/mol. The zero-order valence-electron chi connectivity index (χ0n) is 9.93. The number of nitrogens with one attached hydrogen (secondary N) is 1. The van der Waals surface area contributed by atoms with Crippen molar-refractivity contribution in [1.82, 2.24) is 0 Å². The molecule has 0 spiro atoms. The van der Waals surface area contributed by atoms with Crippen molar-refractivity contribution in [2.75, 3.05) is 12.5 Å². The molecule has 1 N–H and O–H groups in total. The molecule has 0 aromatic heterocycles. The van der Waals surface area contributed by atoms with Gasteiger partial charge in [-0.3, -0.25) is 5.43 Å². The summed E-state index contributed by atoms with van der Waals surface area (Å²) in [7, 11) is 1.62. The topological polar surface area (TPSA) is 33.6 Å². The Morgan fingerprint density at radius 2 is 1.94 bits per heavy atom. The number of hydrazone groups is 1. The number of rotatable bonds is 4. The summed E-state index contributed by atoms with van der Waals surface area (Å²) in [6.07, 6.45) is 1.68. The third-order valence-corrected chi connectivity index (χ3v) is 2.60. The predicted molar refractivity (Wildman–Crippen MR) is 75.7 cm³/mol. The summed E-state index contributed by atoms with van der Waals surface area (Å²) in [5.74, 6) is 0.734. The van der Waals surface area contributed by atoms with Gasteiger partial charge < -0.3 is 4.74 Å². The van der Waals surface area contributed by atoms with Crippen LogP contribution in [0, 0.1) is 0 Å². The molecule has 0 saturated carbocycles. The van der Waals surface area contributed by atoms with Crippen LogP contribution in [0.2, 0.25) is 5.02 Å². The summed E-state index contributed by atoms with van der Waals surface area (Å²) < 4.78 is 5.23. The molecule has 0 fully saturated rings. The fourth-order valence-corrected chi connectivity index (χ4v) is 1.68. The molecule has 3 nitrogen and oxygen atoms in total. The Morgan fingerprint density at radius 3 is 2.67 bits per heavy atom. The van der Waals surface area contributed by atoms with E-state index in [1.165, 1.54) is 0 Å². The smallest absolute Gasteiger partial charge is 0.127 e. The SMILES string of the molecule is COc1ccc(Cl)cc1C=NNc1ccccc1. The van der Waals surface area contributed by atoms with Crippen LogP contribution in [-0.2, 0) is 0 Å². The lowest BCUT2D eigenvalue weighted by Crippen LogP contribution is -1.93. The van der Waals surface area contributed by atoms with Gasteiger partial charge in [-0.1, -0.05) is 29.8 Å². The van der Waals surface area contributed by atoms with Crippen molar-refractivity contribution in [2.45, 2.75) is 0 Å². The van der Waals surface area contributed by atoms with Crippen LogP contribution < -0.4 is 10.2 Å². The standard InChI is InChI=1S/C14H13ClN2O/c1-18-14-8-7-12(15)9-11(14)10-16-17-13-5-3-2-4-6-13/h2-10,17H,1H3. The molecule has 0 aliphatic heterocycles. The molecule has 0 aliphatic rings. The summed E-state index contributed by atoms with van der Waals surface area (Å²) >= 11 is 5.93. The van der Waals surface area contributed by atoms with Crippen LogP contribution in [0.3, 0.4) is 0 Å². The van der Waals surface area contributed by atoms with Gasteiger partial charge >= 0.3 is 0 Å². The van der Waals surface area contributed by atoms with Gasteiger partial charge in [-0.05, 0) is 30.3 Å². The number of halogens is 1. The Labute approximate surface area is 111 Å². The maximum atomic E-state index is 5.93. The van der Waals surface area contributed by atoms with Crippen LogP contribution in [0.25, 0.3) is 0 Å². The van der Waals surface area contributed by atoms with E-state index in [9.17, 15) is 0 Å². The van der Waals surface area contributed by atoms with Crippen molar-refractivity contribution in [3.63, 3.8) is 0 Å². The van der Waals surface area contributed by atoms with E-state index in [1.54, 1.807) is 25.5 Å². The first-order chi connectivity index (χ1) is 8.79. The van der Waals surface area contributed by atoms with E-state index >= 15 is 0 Å². The van der Waals surface area contributed by atoms with E-state index in [0.29, 0.717) is 5.02 Å². The van der Waals surface area contributed by atoms with Crippen molar-refractivity contribution in [3.05, 3.63) is 59.1 Å². The van der Waals surface area contributed by atoms with E-state index in [-0.39, 0.29) is 0 Å². The first kappa shape index (κ1) is 12.5. The second kappa shape index (κ2) is 6.07. The molecule has 0 atom stereocenters. The molecule has 0 bridgehead atoms.